The van der Waals surface area contributed by atoms with Crippen molar-refractivity contribution in [1.29, 1.82) is 0 Å². The minimum absolute atomic E-state index is 0.0867. The van der Waals surface area contributed by atoms with Crippen molar-refractivity contribution in [3.63, 3.8) is 0 Å². The molecule has 106 valence electrons. The second kappa shape index (κ2) is 4.63. The predicted molar refractivity (Wildman–Crippen MR) is 68.8 cm³/mol. The molecular weight excluding hydrogens is 267 g/mol. The van der Waals surface area contributed by atoms with E-state index in [1.54, 1.807) is 16.8 Å². The molecule has 0 radical (unpaired) electrons. The molecule has 0 bridgehead atoms. The van der Waals surface area contributed by atoms with Crippen LogP contribution in [0.15, 0.2) is 30.5 Å². The molecule has 2 N–H and O–H groups in total. The molecule has 1 aromatic carbocycles. The van der Waals surface area contributed by atoms with Gasteiger partial charge in [-0.2, -0.15) is 13.2 Å². The van der Waals surface area contributed by atoms with Crippen molar-refractivity contribution < 1.29 is 13.2 Å². The molecule has 20 heavy (non-hydrogen) atoms. The van der Waals surface area contributed by atoms with Crippen LogP contribution in [0.25, 0.3) is 11.4 Å². The Morgan fingerprint density at radius 1 is 1.25 bits per heavy atom. The summed E-state index contributed by atoms with van der Waals surface area (Å²) in [5.74, 6) is 0.306. The van der Waals surface area contributed by atoms with Crippen LogP contribution in [0.4, 0.5) is 13.2 Å². The van der Waals surface area contributed by atoms with Gasteiger partial charge in [-0.05, 0) is 25.3 Å². The third-order valence-electron chi connectivity index (χ3n) is 3.61. The molecule has 3 rings (SSSR count). The fraction of sp³-hybridized carbons (Fsp3) is 0.357. The van der Waals surface area contributed by atoms with E-state index in [0.717, 1.165) is 31.0 Å². The third-order valence-corrected chi connectivity index (χ3v) is 3.61. The highest BCUT2D eigenvalue weighted by Gasteiger charge is 2.35. The maximum absolute atomic E-state index is 13.1. The van der Waals surface area contributed by atoms with E-state index in [9.17, 15) is 13.2 Å². The summed E-state index contributed by atoms with van der Waals surface area (Å²) in [4.78, 5) is 4.18. The largest absolute Gasteiger partial charge is 0.417 e. The van der Waals surface area contributed by atoms with E-state index >= 15 is 0 Å². The summed E-state index contributed by atoms with van der Waals surface area (Å²) >= 11 is 0. The molecule has 1 aromatic heterocycles. The lowest BCUT2D eigenvalue weighted by Gasteiger charge is -2.24. The van der Waals surface area contributed by atoms with Crippen LogP contribution < -0.4 is 5.73 Å². The molecule has 1 atom stereocenters. The van der Waals surface area contributed by atoms with Crippen molar-refractivity contribution in [1.82, 2.24) is 9.55 Å². The summed E-state index contributed by atoms with van der Waals surface area (Å²) in [6, 6.07) is 5.48. The van der Waals surface area contributed by atoms with E-state index < -0.39 is 11.7 Å². The molecule has 6 heteroatoms. The first-order chi connectivity index (χ1) is 9.48. The number of imidazole rings is 1. The van der Waals surface area contributed by atoms with Gasteiger partial charge >= 0.3 is 6.18 Å². The second-order valence-electron chi connectivity index (χ2n) is 4.95. The molecule has 0 fully saturated rings. The minimum atomic E-state index is -4.40. The molecule has 0 saturated carbocycles. The Morgan fingerprint density at radius 2 is 2.00 bits per heavy atom. The highest BCUT2D eigenvalue weighted by atomic mass is 19.4. The molecule has 0 spiro atoms. The van der Waals surface area contributed by atoms with Crippen molar-refractivity contribution in [2.24, 2.45) is 5.73 Å². The third kappa shape index (κ3) is 2.10. The van der Waals surface area contributed by atoms with Crippen LogP contribution in [-0.2, 0) is 12.6 Å². The maximum Gasteiger partial charge on any atom is 0.417 e. The number of hydrogen-bond acceptors (Lipinski definition) is 2. The van der Waals surface area contributed by atoms with Gasteiger partial charge in [0.2, 0.25) is 0 Å². The molecule has 3 nitrogen and oxygen atoms in total. The van der Waals surface area contributed by atoms with Crippen LogP contribution in [0.1, 0.15) is 30.3 Å². The topological polar surface area (TPSA) is 43.8 Å². The smallest absolute Gasteiger partial charge is 0.312 e. The lowest BCUT2D eigenvalue weighted by molar-refractivity contribution is -0.137. The highest BCUT2D eigenvalue weighted by molar-refractivity contribution is 5.62. The van der Waals surface area contributed by atoms with Crippen LogP contribution in [-0.4, -0.2) is 9.55 Å². The van der Waals surface area contributed by atoms with Crippen molar-refractivity contribution in [2.75, 3.05) is 0 Å². The second-order valence-corrected chi connectivity index (χ2v) is 4.95. The van der Waals surface area contributed by atoms with Crippen LogP contribution in [0.2, 0.25) is 0 Å². The first kappa shape index (κ1) is 13.2. The normalized spacial score (nSPS) is 18.9. The number of aryl methyl sites for hydroxylation is 1. The maximum atomic E-state index is 13.1. The molecule has 0 aliphatic carbocycles. The number of fused-ring (bicyclic) bond motifs is 1. The quantitative estimate of drug-likeness (QED) is 0.871. The molecule has 2 aromatic rings. The van der Waals surface area contributed by atoms with Crippen molar-refractivity contribution in [3.05, 3.63) is 41.7 Å². The van der Waals surface area contributed by atoms with E-state index in [0.29, 0.717) is 5.82 Å². The molecule has 1 aliphatic heterocycles. The summed E-state index contributed by atoms with van der Waals surface area (Å²) in [5, 5.41) is 0. The van der Waals surface area contributed by atoms with Gasteiger partial charge in [-0.3, -0.25) is 0 Å². The molecule has 0 saturated heterocycles. The lowest BCUT2D eigenvalue weighted by atomic mass is 10.0. The number of nitrogens with two attached hydrogens (primary N) is 1. The highest BCUT2D eigenvalue weighted by Crippen LogP contribution is 2.38. The van der Waals surface area contributed by atoms with E-state index in [4.69, 9.17) is 5.73 Å². The zero-order valence-corrected chi connectivity index (χ0v) is 10.7. The Bertz CT molecular complexity index is 631. The fourth-order valence-corrected chi connectivity index (χ4v) is 2.70. The SMILES string of the molecule is NC1CCCc2cnc(-c3ccccc3C(F)(F)F)n21. The van der Waals surface area contributed by atoms with Crippen LogP contribution >= 0.6 is 0 Å². The predicted octanol–water partition coefficient (Wildman–Crippen LogP) is 3.36. The van der Waals surface area contributed by atoms with Crippen LogP contribution in [0.5, 0.6) is 0 Å². The van der Waals surface area contributed by atoms with Crippen molar-refractivity contribution in [3.8, 4) is 11.4 Å². The summed E-state index contributed by atoms with van der Waals surface area (Å²) in [7, 11) is 0. The molecular formula is C14H14F3N3. The van der Waals surface area contributed by atoms with E-state index in [1.165, 1.54) is 12.1 Å². The number of benzene rings is 1. The number of rotatable bonds is 1. The van der Waals surface area contributed by atoms with Crippen molar-refractivity contribution in [2.45, 2.75) is 31.6 Å². The summed E-state index contributed by atoms with van der Waals surface area (Å²) < 4.78 is 41.0. The Balaban J connectivity index is 2.18. The minimum Gasteiger partial charge on any atom is -0.312 e. The number of nitrogens with zero attached hydrogens (tertiary/aromatic N) is 2. The molecule has 2 heterocycles. The van der Waals surface area contributed by atoms with Gasteiger partial charge in [-0.15, -0.1) is 0 Å². The Labute approximate surface area is 114 Å². The fourth-order valence-electron chi connectivity index (χ4n) is 2.70. The van der Waals surface area contributed by atoms with Gasteiger partial charge in [-0.1, -0.05) is 18.2 Å². The van der Waals surface area contributed by atoms with Gasteiger partial charge in [0.15, 0.2) is 0 Å². The zero-order chi connectivity index (χ0) is 14.3. The summed E-state index contributed by atoms with van der Waals surface area (Å²) in [6.45, 7) is 0. The lowest BCUT2D eigenvalue weighted by Crippen LogP contribution is -2.25. The zero-order valence-electron chi connectivity index (χ0n) is 10.7. The Morgan fingerprint density at radius 3 is 2.75 bits per heavy atom. The average Bonchev–Trinajstić information content (AvgIpc) is 2.83. The van der Waals surface area contributed by atoms with Gasteiger partial charge in [0.25, 0.3) is 0 Å². The van der Waals surface area contributed by atoms with E-state index in [1.807, 2.05) is 0 Å². The summed E-state index contributed by atoms with van der Waals surface area (Å²) in [6.07, 6.45) is -0.590. The Kier molecular flexibility index (Phi) is 3.05. The van der Waals surface area contributed by atoms with Crippen LogP contribution in [0.3, 0.4) is 0 Å². The number of halogens is 3. The van der Waals surface area contributed by atoms with Crippen molar-refractivity contribution >= 4 is 0 Å². The number of hydrogen-bond donors (Lipinski definition) is 1. The molecule has 1 unspecified atom stereocenters. The van der Waals surface area contributed by atoms with E-state index in [-0.39, 0.29) is 11.7 Å². The van der Waals surface area contributed by atoms with Gasteiger partial charge in [0.1, 0.15) is 5.82 Å². The first-order valence-corrected chi connectivity index (χ1v) is 6.47. The van der Waals surface area contributed by atoms with Gasteiger partial charge in [-0.25, -0.2) is 4.98 Å². The number of aromatic nitrogens is 2. The van der Waals surface area contributed by atoms with Gasteiger partial charge in [0, 0.05) is 17.5 Å². The average molecular weight is 281 g/mol. The molecule has 0 amide bonds. The van der Waals surface area contributed by atoms with E-state index in [2.05, 4.69) is 4.98 Å². The van der Waals surface area contributed by atoms with Gasteiger partial charge < -0.3 is 10.3 Å². The standard InChI is InChI=1S/C14H14F3N3/c15-14(16,17)11-6-2-1-5-10(11)13-19-8-9-4-3-7-12(18)20(9)13/h1-2,5-6,8,12H,3-4,7,18H2. The molecule has 1 aliphatic rings. The van der Waals surface area contributed by atoms with Crippen LogP contribution in [0, 0.1) is 0 Å². The monoisotopic (exact) mass is 281 g/mol. The summed E-state index contributed by atoms with van der Waals surface area (Å²) in [5.41, 5.74) is 6.34. The van der Waals surface area contributed by atoms with Gasteiger partial charge in [0.05, 0.1) is 11.7 Å². The first-order valence-electron chi connectivity index (χ1n) is 6.47. The number of alkyl halides is 3. The Hall–Kier alpha value is -1.82.